The third-order valence-corrected chi connectivity index (χ3v) is 7.60. The Labute approximate surface area is 225 Å². The number of amides is 2. The first-order valence-corrected chi connectivity index (χ1v) is 13.2. The Morgan fingerprint density at radius 2 is 1.55 bits per heavy atom. The summed E-state index contributed by atoms with van der Waals surface area (Å²) in [6.45, 7) is 3.62. The van der Waals surface area contributed by atoms with E-state index in [4.69, 9.17) is 9.47 Å². The first kappa shape index (κ1) is 25.4. The molecule has 2 aliphatic rings. The van der Waals surface area contributed by atoms with Crippen LogP contribution in [0.2, 0.25) is 0 Å². The van der Waals surface area contributed by atoms with Crippen molar-refractivity contribution in [1.29, 1.82) is 0 Å². The van der Waals surface area contributed by atoms with E-state index in [1.807, 2.05) is 78.9 Å². The average Bonchev–Trinajstić information content (AvgIpc) is 2.98. The highest BCUT2D eigenvalue weighted by atomic mass is 32.2. The van der Waals surface area contributed by atoms with Crippen molar-refractivity contribution in [2.24, 2.45) is 0 Å². The Hall–Kier alpha value is -4.30. The van der Waals surface area contributed by atoms with E-state index in [-0.39, 0.29) is 18.2 Å². The first-order chi connectivity index (χ1) is 18.6. The number of thioether (sulfide) groups is 1. The van der Waals surface area contributed by atoms with Gasteiger partial charge in [0.1, 0.15) is 22.9 Å². The number of allylic oxidation sites excluding steroid dienone is 1. The minimum Gasteiger partial charge on any atom is -0.484 e. The van der Waals surface area contributed by atoms with Crippen molar-refractivity contribution in [3.63, 3.8) is 0 Å². The maximum Gasteiger partial charge on any atom is 0.356 e. The van der Waals surface area contributed by atoms with Crippen LogP contribution in [0.4, 0.5) is 0 Å². The molecule has 0 spiro atoms. The molecule has 0 radical (unpaired) electrons. The largest absolute Gasteiger partial charge is 0.484 e. The minimum absolute atomic E-state index is 0.164. The van der Waals surface area contributed by atoms with E-state index in [9.17, 15) is 14.4 Å². The molecule has 3 aromatic rings. The predicted octanol–water partition coefficient (Wildman–Crippen LogP) is 4.24. The number of fused-ring (bicyclic) bond motifs is 1. The number of esters is 1. The van der Waals surface area contributed by atoms with Gasteiger partial charge in [-0.3, -0.25) is 14.5 Å². The molecule has 7 nitrogen and oxygen atoms in total. The number of carbonyl (C=O) groups excluding carboxylic acids is 3. The van der Waals surface area contributed by atoms with Gasteiger partial charge in [-0.2, -0.15) is 0 Å². The first-order valence-electron chi connectivity index (χ1n) is 12.1. The lowest BCUT2D eigenvalue weighted by atomic mass is 10.0. The Balaban J connectivity index is 1.31. The molecule has 2 atom stereocenters. The number of carbonyl (C=O) groups is 3. The fraction of sp³-hybridized carbons (Fsp3) is 0.167. The van der Waals surface area contributed by atoms with Crippen LogP contribution in [0.3, 0.4) is 0 Å². The van der Waals surface area contributed by atoms with Crippen LogP contribution in [-0.4, -0.2) is 46.5 Å². The van der Waals surface area contributed by atoms with Gasteiger partial charge in [0, 0.05) is 5.75 Å². The molecule has 1 saturated heterocycles. The Kier molecular flexibility index (Phi) is 7.60. The second kappa shape index (κ2) is 11.4. The number of β-lactam (4-membered cyclic amide) rings is 1. The van der Waals surface area contributed by atoms with E-state index in [1.165, 1.54) is 16.7 Å². The van der Waals surface area contributed by atoms with Crippen LogP contribution in [0, 0.1) is 0 Å². The van der Waals surface area contributed by atoms with Gasteiger partial charge in [0.15, 0.2) is 12.7 Å². The highest BCUT2D eigenvalue weighted by molar-refractivity contribution is 8.00. The fourth-order valence-corrected chi connectivity index (χ4v) is 5.76. The fourth-order valence-electron chi connectivity index (χ4n) is 4.42. The summed E-state index contributed by atoms with van der Waals surface area (Å²) in [5.74, 6) is -0.392. The zero-order chi connectivity index (χ0) is 26.5. The number of nitrogens with zero attached hydrogens (tertiary/aromatic N) is 1. The van der Waals surface area contributed by atoms with Gasteiger partial charge in [-0.15, -0.1) is 11.8 Å². The summed E-state index contributed by atoms with van der Waals surface area (Å²) in [5, 5.41) is 2.31. The van der Waals surface area contributed by atoms with Gasteiger partial charge >= 0.3 is 5.97 Å². The Morgan fingerprint density at radius 3 is 2.13 bits per heavy atom. The molecule has 0 unspecified atom stereocenters. The lowest BCUT2D eigenvalue weighted by Gasteiger charge is -2.49. The second-order valence-corrected chi connectivity index (χ2v) is 9.85. The zero-order valence-electron chi connectivity index (χ0n) is 20.5. The highest BCUT2D eigenvalue weighted by Crippen LogP contribution is 2.41. The van der Waals surface area contributed by atoms with Crippen LogP contribution in [0.5, 0.6) is 5.75 Å². The van der Waals surface area contributed by atoms with E-state index < -0.39 is 29.4 Å². The summed E-state index contributed by atoms with van der Waals surface area (Å²) in [6.07, 6.45) is 0.922. The molecular formula is C30H26N2O5S. The molecule has 0 bridgehead atoms. The predicted molar refractivity (Wildman–Crippen MR) is 145 cm³/mol. The molecule has 0 aliphatic carbocycles. The van der Waals surface area contributed by atoms with Gasteiger partial charge in [0.2, 0.25) is 0 Å². The van der Waals surface area contributed by atoms with Crippen LogP contribution < -0.4 is 10.1 Å². The molecule has 0 saturated carbocycles. The lowest BCUT2D eigenvalue weighted by molar-refractivity contribution is -0.154. The molecule has 2 aliphatic heterocycles. The van der Waals surface area contributed by atoms with E-state index in [0.717, 1.165) is 11.1 Å². The quantitative estimate of drug-likeness (QED) is 0.332. The van der Waals surface area contributed by atoms with Gasteiger partial charge in [-0.05, 0) is 28.8 Å². The normalized spacial score (nSPS) is 18.3. The maximum atomic E-state index is 13.6. The Bertz CT molecular complexity index is 1320. The molecule has 1 N–H and O–H groups in total. The van der Waals surface area contributed by atoms with Gasteiger partial charge in [-0.25, -0.2) is 4.79 Å². The van der Waals surface area contributed by atoms with E-state index in [0.29, 0.717) is 17.1 Å². The second-order valence-electron chi connectivity index (χ2n) is 8.74. The van der Waals surface area contributed by atoms with Crippen LogP contribution in [0.25, 0.3) is 0 Å². The number of hydrogen-bond acceptors (Lipinski definition) is 6. The molecule has 0 aromatic heterocycles. The third-order valence-electron chi connectivity index (χ3n) is 6.30. The monoisotopic (exact) mass is 526 g/mol. The molecule has 3 aromatic carbocycles. The molecule has 2 amide bonds. The van der Waals surface area contributed by atoms with Crippen molar-refractivity contribution in [1.82, 2.24) is 10.2 Å². The summed E-state index contributed by atoms with van der Waals surface area (Å²) in [4.78, 5) is 40.7. The van der Waals surface area contributed by atoms with Crippen LogP contribution >= 0.6 is 11.8 Å². The molecule has 38 heavy (non-hydrogen) atoms. The van der Waals surface area contributed by atoms with Gasteiger partial charge in [-0.1, -0.05) is 91.5 Å². The summed E-state index contributed by atoms with van der Waals surface area (Å²) >= 11 is 1.46. The van der Waals surface area contributed by atoms with Crippen molar-refractivity contribution < 1.29 is 23.9 Å². The average molecular weight is 527 g/mol. The number of rotatable bonds is 9. The van der Waals surface area contributed by atoms with E-state index in [2.05, 4.69) is 11.9 Å². The molecule has 192 valence electrons. The van der Waals surface area contributed by atoms with Crippen molar-refractivity contribution in [3.8, 4) is 5.75 Å². The van der Waals surface area contributed by atoms with Crippen molar-refractivity contribution in [2.45, 2.75) is 17.5 Å². The maximum absolute atomic E-state index is 13.6. The van der Waals surface area contributed by atoms with E-state index in [1.54, 1.807) is 18.2 Å². The molecule has 2 heterocycles. The van der Waals surface area contributed by atoms with Crippen LogP contribution in [0.1, 0.15) is 17.2 Å². The zero-order valence-corrected chi connectivity index (χ0v) is 21.3. The molecule has 5 rings (SSSR count). The minimum atomic E-state index is -0.764. The van der Waals surface area contributed by atoms with Crippen molar-refractivity contribution in [3.05, 3.63) is 126 Å². The molecule has 8 heteroatoms. The Morgan fingerprint density at radius 1 is 0.974 bits per heavy atom. The summed E-state index contributed by atoms with van der Waals surface area (Å²) < 4.78 is 11.5. The standard InChI is InChI=1S/C30H26N2O5S/c1-2-20-19-38-29-25(31-24(33)18-36-23-16-10-5-11-17-23)28(34)32(29)26(20)30(35)37-27(21-12-6-3-7-13-21)22-14-8-4-9-15-22/h2-17,25,27,29H,1,18-19H2,(H,31,33)/t25-,29+/m1/s1. The SMILES string of the molecule is C=CC1=C(C(=O)OC(c2ccccc2)c2ccccc2)N2C(=O)[C@@H](NC(=O)COc3ccccc3)[C@@H]2SC1. The number of hydrogen-bond donors (Lipinski definition) is 1. The summed E-state index contributed by atoms with van der Waals surface area (Å²) in [7, 11) is 0. The number of nitrogens with one attached hydrogen (secondary N) is 1. The van der Waals surface area contributed by atoms with Crippen molar-refractivity contribution in [2.75, 3.05) is 12.4 Å². The van der Waals surface area contributed by atoms with Gasteiger partial charge in [0.05, 0.1) is 0 Å². The lowest BCUT2D eigenvalue weighted by Crippen LogP contribution is -2.70. The topological polar surface area (TPSA) is 84.9 Å². The number of ether oxygens (including phenoxy) is 2. The van der Waals surface area contributed by atoms with Gasteiger partial charge in [0.25, 0.3) is 11.8 Å². The van der Waals surface area contributed by atoms with Gasteiger partial charge < -0.3 is 14.8 Å². The van der Waals surface area contributed by atoms with Crippen LogP contribution in [-0.2, 0) is 19.1 Å². The number of para-hydroxylation sites is 1. The molecular weight excluding hydrogens is 500 g/mol. The number of benzene rings is 3. The molecule has 1 fully saturated rings. The van der Waals surface area contributed by atoms with E-state index >= 15 is 0 Å². The highest BCUT2D eigenvalue weighted by Gasteiger charge is 2.54. The summed E-state index contributed by atoms with van der Waals surface area (Å²) in [5.41, 5.74) is 2.40. The third kappa shape index (κ3) is 5.21. The van der Waals surface area contributed by atoms with Crippen LogP contribution in [0.15, 0.2) is 115 Å². The van der Waals surface area contributed by atoms with Crippen molar-refractivity contribution >= 4 is 29.5 Å². The summed E-state index contributed by atoms with van der Waals surface area (Å²) in [6, 6.07) is 27.1. The smallest absolute Gasteiger partial charge is 0.356 e.